The normalized spacial score (nSPS) is 21.3. The Bertz CT molecular complexity index is 692. The maximum Gasteiger partial charge on any atom is 0.170 e. The van der Waals surface area contributed by atoms with Crippen LogP contribution in [0.5, 0.6) is 0 Å². The van der Waals surface area contributed by atoms with Crippen LogP contribution in [0.25, 0.3) is 0 Å². The van der Waals surface area contributed by atoms with Gasteiger partial charge in [-0.3, -0.25) is 4.98 Å². The quantitative estimate of drug-likeness (QED) is 0.883. The summed E-state index contributed by atoms with van der Waals surface area (Å²) in [6.07, 6.45) is 1.84. The Morgan fingerprint density at radius 1 is 1.32 bits per heavy atom. The standard InChI is InChI=1S/C17H22N4S/c1-5-21-16(13-10-11(2)20(4)12(13)3)15(19-17(21)22)14-8-6-7-9-18-14/h6-10,15-16H,5H2,1-4H3,(H,19,22). The molecule has 0 bridgehead atoms. The lowest BCUT2D eigenvalue weighted by atomic mass is 9.97. The van der Waals surface area contributed by atoms with Crippen molar-refractivity contribution in [1.29, 1.82) is 0 Å². The van der Waals surface area contributed by atoms with Gasteiger partial charge in [-0.05, 0) is 56.8 Å². The molecule has 22 heavy (non-hydrogen) atoms. The van der Waals surface area contributed by atoms with Crippen molar-refractivity contribution < 1.29 is 0 Å². The fraction of sp³-hybridized carbons (Fsp3) is 0.412. The van der Waals surface area contributed by atoms with Crippen LogP contribution in [-0.4, -0.2) is 26.1 Å². The summed E-state index contributed by atoms with van der Waals surface area (Å²) in [4.78, 5) is 6.80. The zero-order valence-electron chi connectivity index (χ0n) is 13.5. The molecule has 0 amide bonds. The molecule has 2 unspecified atom stereocenters. The van der Waals surface area contributed by atoms with Crippen LogP contribution in [0.1, 0.15) is 41.7 Å². The van der Waals surface area contributed by atoms with Gasteiger partial charge in [-0.2, -0.15) is 0 Å². The van der Waals surface area contributed by atoms with Crippen LogP contribution in [0, 0.1) is 13.8 Å². The summed E-state index contributed by atoms with van der Waals surface area (Å²) in [5.41, 5.74) is 4.91. The van der Waals surface area contributed by atoms with Crippen LogP contribution in [0.4, 0.5) is 0 Å². The number of aryl methyl sites for hydroxylation is 1. The molecule has 1 aliphatic rings. The monoisotopic (exact) mass is 314 g/mol. The maximum atomic E-state index is 5.56. The van der Waals surface area contributed by atoms with Crippen molar-refractivity contribution in [2.75, 3.05) is 6.54 Å². The van der Waals surface area contributed by atoms with Crippen molar-refractivity contribution in [3.8, 4) is 0 Å². The van der Waals surface area contributed by atoms with E-state index >= 15 is 0 Å². The van der Waals surface area contributed by atoms with Crippen molar-refractivity contribution in [2.24, 2.45) is 7.05 Å². The van der Waals surface area contributed by atoms with E-state index in [1.165, 1.54) is 17.0 Å². The van der Waals surface area contributed by atoms with Crippen molar-refractivity contribution >= 4 is 17.3 Å². The van der Waals surface area contributed by atoms with Crippen LogP contribution >= 0.6 is 12.2 Å². The lowest BCUT2D eigenvalue weighted by Crippen LogP contribution is -2.29. The minimum absolute atomic E-state index is 0.0918. The number of hydrogen-bond donors (Lipinski definition) is 1. The van der Waals surface area contributed by atoms with Gasteiger partial charge in [0.15, 0.2) is 5.11 Å². The maximum absolute atomic E-state index is 5.56. The van der Waals surface area contributed by atoms with E-state index in [9.17, 15) is 0 Å². The SMILES string of the molecule is CCN1C(=S)NC(c2ccccn2)C1c1cc(C)n(C)c1C. The highest BCUT2D eigenvalue weighted by atomic mass is 32.1. The molecule has 0 radical (unpaired) electrons. The zero-order valence-corrected chi connectivity index (χ0v) is 14.3. The Labute approximate surface area is 137 Å². The van der Waals surface area contributed by atoms with E-state index in [-0.39, 0.29) is 12.1 Å². The molecular formula is C17H22N4S. The van der Waals surface area contributed by atoms with Crippen LogP contribution < -0.4 is 5.32 Å². The summed E-state index contributed by atoms with van der Waals surface area (Å²) in [6, 6.07) is 8.59. The van der Waals surface area contributed by atoms with Crippen molar-refractivity contribution in [1.82, 2.24) is 19.8 Å². The highest BCUT2D eigenvalue weighted by Gasteiger charge is 2.40. The summed E-state index contributed by atoms with van der Waals surface area (Å²) in [7, 11) is 2.11. The third-order valence-electron chi connectivity index (χ3n) is 4.67. The molecule has 2 aromatic rings. The Kier molecular flexibility index (Phi) is 3.91. The Hall–Kier alpha value is -1.88. The van der Waals surface area contributed by atoms with Gasteiger partial charge in [0.25, 0.3) is 0 Å². The van der Waals surface area contributed by atoms with E-state index in [4.69, 9.17) is 12.2 Å². The number of likely N-dealkylation sites (N-methyl/N-ethyl adjacent to an activating group) is 1. The lowest BCUT2D eigenvalue weighted by Gasteiger charge is -2.26. The van der Waals surface area contributed by atoms with Crippen molar-refractivity contribution in [3.05, 3.63) is 53.1 Å². The molecular weight excluding hydrogens is 292 g/mol. The summed E-state index contributed by atoms with van der Waals surface area (Å²) in [6.45, 7) is 7.34. The van der Waals surface area contributed by atoms with Gasteiger partial charge >= 0.3 is 0 Å². The van der Waals surface area contributed by atoms with E-state index in [2.05, 4.69) is 59.7 Å². The van der Waals surface area contributed by atoms with E-state index in [0.29, 0.717) is 0 Å². The second-order valence-electron chi connectivity index (χ2n) is 5.80. The highest BCUT2D eigenvalue weighted by Crippen LogP contribution is 2.40. The number of pyridine rings is 1. The van der Waals surface area contributed by atoms with E-state index < -0.39 is 0 Å². The van der Waals surface area contributed by atoms with Gasteiger partial charge in [0.2, 0.25) is 0 Å². The third-order valence-corrected chi connectivity index (χ3v) is 5.02. The number of nitrogens with one attached hydrogen (secondary N) is 1. The molecule has 0 spiro atoms. The van der Waals surface area contributed by atoms with Crippen molar-refractivity contribution in [2.45, 2.75) is 32.9 Å². The minimum Gasteiger partial charge on any atom is -0.352 e. The van der Waals surface area contributed by atoms with Crippen LogP contribution in [0.15, 0.2) is 30.5 Å². The molecule has 2 aromatic heterocycles. The molecule has 2 atom stereocenters. The smallest absolute Gasteiger partial charge is 0.170 e. The highest BCUT2D eigenvalue weighted by molar-refractivity contribution is 7.80. The third kappa shape index (κ3) is 2.29. The molecule has 4 nitrogen and oxygen atoms in total. The molecule has 1 aliphatic heterocycles. The average molecular weight is 314 g/mol. The van der Waals surface area contributed by atoms with Crippen molar-refractivity contribution in [3.63, 3.8) is 0 Å². The molecule has 0 aliphatic carbocycles. The Balaban J connectivity index is 2.10. The van der Waals surface area contributed by atoms with E-state index in [0.717, 1.165) is 17.4 Å². The summed E-state index contributed by atoms with van der Waals surface area (Å²) < 4.78 is 2.24. The van der Waals surface area contributed by atoms with Crippen LogP contribution in [0.3, 0.4) is 0 Å². The van der Waals surface area contributed by atoms with Gasteiger partial charge in [-0.25, -0.2) is 0 Å². The number of nitrogens with zero attached hydrogens (tertiary/aromatic N) is 3. The van der Waals surface area contributed by atoms with E-state index in [1.807, 2.05) is 18.3 Å². The number of thiocarbonyl (C=S) groups is 1. The minimum atomic E-state index is 0.0918. The number of hydrogen-bond acceptors (Lipinski definition) is 2. The molecule has 0 saturated carbocycles. The average Bonchev–Trinajstić information content (AvgIpc) is 2.99. The van der Waals surface area contributed by atoms with Gasteiger partial charge in [0.1, 0.15) is 0 Å². The largest absolute Gasteiger partial charge is 0.352 e. The van der Waals surface area contributed by atoms with Crippen LogP contribution in [-0.2, 0) is 7.05 Å². The van der Waals surface area contributed by atoms with Gasteiger partial charge in [0.05, 0.1) is 17.8 Å². The second kappa shape index (κ2) is 5.72. The molecule has 1 saturated heterocycles. The zero-order chi connectivity index (χ0) is 15.9. The molecule has 1 fully saturated rings. The fourth-order valence-electron chi connectivity index (χ4n) is 3.27. The molecule has 116 valence electrons. The summed E-state index contributed by atoms with van der Waals surface area (Å²) >= 11 is 5.56. The van der Waals surface area contributed by atoms with Crippen LogP contribution in [0.2, 0.25) is 0 Å². The Morgan fingerprint density at radius 2 is 2.09 bits per heavy atom. The first kappa shape index (κ1) is 15.0. The molecule has 3 rings (SSSR count). The fourth-order valence-corrected chi connectivity index (χ4v) is 3.64. The molecule has 5 heteroatoms. The summed E-state index contributed by atoms with van der Waals surface area (Å²) in [5.74, 6) is 0. The predicted octanol–water partition coefficient (Wildman–Crippen LogP) is 3.03. The van der Waals surface area contributed by atoms with Gasteiger partial charge < -0.3 is 14.8 Å². The Morgan fingerprint density at radius 3 is 2.64 bits per heavy atom. The predicted molar refractivity (Wildman–Crippen MR) is 92.7 cm³/mol. The first-order valence-electron chi connectivity index (χ1n) is 7.65. The topological polar surface area (TPSA) is 33.1 Å². The molecule has 3 heterocycles. The number of aromatic nitrogens is 2. The first-order chi connectivity index (χ1) is 10.5. The van der Waals surface area contributed by atoms with Gasteiger partial charge in [-0.15, -0.1) is 0 Å². The van der Waals surface area contributed by atoms with Gasteiger partial charge in [0, 0.05) is 31.2 Å². The molecule has 1 N–H and O–H groups in total. The van der Waals surface area contributed by atoms with E-state index in [1.54, 1.807) is 0 Å². The second-order valence-corrected chi connectivity index (χ2v) is 6.18. The lowest BCUT2D eigenvalue weighted by molar-refractivity contribution is 0.329. The number of rotatable bonds is 3. The summed E-state index contributed by atoms with van der Waals surface area (Å²) in [5, 5.41) is 4.27. The molecule has 0 aromatic carbocycles. The van der Waals surface area contributed by atoms with Gasteiger partial charge in [-0.1, -0.05) is 6.07 Å². The first-order valence-corrected chi connectivity index (χ1v) is 8.06.